The molecule has 114 valence electrons. The van der Waals surface area contributed by atoms with Crippen molar-refractivity contribution in [1.82, 2.24) is 5.32 Å². The molecule has 6 nitrogen and oxygen atoms in total. The van der Waals surface area contributed by atoms with Gasteiger partial charge in [-0.3, -0.25) is 9.59 Å². The Morgan fingerprint density at radius 3 is 2.62 bits per heavy atom. The van der Waals surface area contributed by atoms with Crippen molar-refractivity contribution in [2.24, 2.45) is 0 Å². The van der Waals surface area contributed by atoms with Crippen LogP contribution < -0.4 is 5.32 Å². The minimum absolute atomic E-state index is 0.0575. The molecule has 1 unspecified atom stereocenters. The van der Waals surface area contributed by atoms with Gasteiger partial charge in [0, 0.05) is 16.5 Å². The van der Waals surface area contributed by atoms with E-state index in [-0.39, 0.29) is 18.4 Å². The van der Waals surface area contributed by atoms with E-state index in [1.807, 2.05) is 0 Å². The van der Waals surface area contributed by atoms with Gasteiger partial charge >= 0.3 is 11.9 Å². The van der Waals surface area contributed by atoms with Gasteiger partial charge < -0.3 is 15.2 Å². The zero-order valence-electron chi connectivity index (χ0n) is 11.1. The topological polar surface area (TPSA) is 92.7 Å². The Morgan fingerprint density at radius 2 is 2.10 bits per heavy atom. The summed E-state index contributed by atoms with van der Waals surface area (Å²) in [6.07, 6.45) is -0.160. The van der Waals surface area contributed by atoms with Crippen LogP contribution in [0.2, 0.25) is 5.02 Å². The first-order valence-corrected chi connectivity index (χ1v) is 7.07. The second-order valence-corrected chi connectivity index (χ2v) is 5.37. The molecule has 0 heterocycles. The number of hydrogen-bond donors (Lipinski definition) is 2. The maximum absolute atomic E-state index is 12.0. The van der Waals surface area contributed by atoms with Gasteiger partial charge in [-0.25, -0.2) is 4.79 Å². The van der Waals surface area contributed by atoms with E-state index in [4.69, 9.17) is 16.7 Å². The molecule has 0 aliphatic rings. The minimum atomic E-state index is -1.23. The Kier molecular flexibility index (Phi) is 6.64. The third kappa shape index (κ3) is 5.35. The number of esters is 1. The summed E-state index contributed by atoms with van der Waals surface area (Å²) in [6.45, 7) is 0. The van der Waals surface area contributed by atoms with Crippen LogP contribution in [0.3, 0.4) is 0 Å². The third-order valence-electron chi connectivity index (χ3n) is 2.65. The van der Waals surface area contributed by atoms with Crippen molar-refractivity contribution in [3.63, 3.8) is 0 Å². The number of hydrogen-bond acceptors (Lipinski definition) is 4. The summed E-state index contributed by atoms with van der Waals surface area (Å²) in [7, 11) is 1.21. The summed E-state index contributed by atoms with van der Waals surface area (Å²) in [6, 6.07) is 3.32. The minimum Gasteiger partial charge on any atom is -0.480 e. The molecule has 0 radical (unpaired) electrons. The quantitative estimate of drug-likeness (QED) is 0.741. The first-order valence-electron chi connectivity index (χ1n) is 5.90. The molecular weight excluding hydrogens is 366 g/mol. The van der Waals surface area contributed by atoms with Gasteiger partial charge in [0.1, 0.15) is 6.04 Å². The highest BCUT2D eigenvalue weighted by atomic mass is 79.9. The molecule has 0 bridgehead atoms. The second-order valence-electron chi connectivity index (χ2n) is 4.11. The predicted octanol–water partition coefficient (Wildman–Crippen LogP) is 2.24. The van der Waals surface area contributed by atoms with Crippen LogP contribution in [0, 0.1) is 0 Å². The average Bonchev–Trinajstić information content (AvgIpc) is 2.45. The van der Waals surface area contributed by atoms with Gasteiger partial charge in [-0.2, -0.15) is 0 Å². The van der Waals surface area contributed by atoms with Crippen LogP contribution in [-0.2, 0) is 14.3 Å². The number of carbonyl (C=O) groups excluding carboxylic acids is 2. The number of carboxylic acids is 1. The molecule has 0 fully saturated rings. The van der Waals surface area contributed by atoms with Crippen molar-refractivity contribution in [1.29, 1.82) is 0 Å². The molecule has 0 aromatic heterocycles. The van der Waals surface area contributed by atoms with Crippen LogP contribution in [0.1, 0.15) is 23.2 Å². The first-order chi connectivity index (χ1) is 9.85. The molecule has 0 saturated heterocycles. The number of rotatable bonds is 6. The number of aliphatic carboxylic acids is 1. The van der Waals surface area contributed by atoms with Crippen LogP contribution >= 0.6 is 27.5 Å². The fourth-order valence-corrected chi connectivity index (χ4v) is 1.93. The van der Waals surface area contributed by atoms with Gasteiger partial charge in [0.25, 0.3) is 5.91 Å². The van der Waals surface area contributed by atoms with Crippen LogP contribution in [-0.4, -0.2) is 36.1 Å². The van der Waals surface area contributed by atoms with E-state index in [2.05, 4.69) is 26.0 Å². The SMILES string of the molecule is COC(=O)CCC(NC(=O)c1ccc(Br)c(Cl)c1)C(=O)O. The van der Waals surface area contributed by atoms with E-state index in [1.165, 1.54) is 19.2 Å². The van der Waals surface area contributed by atoms with Gasteiger partial charge in [-0.1, -0.05) is 11.6 Å². The van der Waals surface area contributed by atoms with Crippen molar-refractivity contribution >= 4 is 45.4 Å². The number of methoxy groups -OCH3 is 1. The number of halogens is 2. The van der Waals surface area contributed by atoms with Gasteiger partial charge in [-0.05, 0) is 40.5 Å². The number of ether oxygens (including phenoxy) is 1. The Labute approximate surface area is 134 Å². The number of carbonyl (C=O) groups is 3. The number of nitrogens with one attached hydrogen (secondary N) is 1. The lowest BCUT2D eigenvalue weighted by Gasteiger charge is -2.14. The fourth-order valence-electron chi connectivity index (χ4n) is 1.50. The molecule has 1 aromatic carbocycles. The van der Waals surface area contributed by atoms with Crippen molar-refractivity contribution < 1.29 is 24.2 Å². The lowest BCUT2D eigenvalue weighted by molar-refractivity contribution is -0.142. The van der Waals surface area contributed by atoms with Gasteiger partial charge in [0.15, 0.2) is 0 Å². The summed E-state index contributed by atoms with van der Waals surface area (Å²) in [5, 5.41) is 11.7. The predicted molar refractivity (Wildman–Crippen MR) is 79.3 cm³/mol. The van der Waals surface area contributed by atoms with Crippen molar-refractivity contribution in [3.8, 4) is 0 Å². The largest absolute Gasteiger partial charge is 0.480 e. The highest BCUT2D eigenvalue weighted by Crippen LogP contribution is 2.23. The van der Waals surface area contributed by atoms with Crippen LogP contribution in [0.25, 0.3) is 0 Å². The normalized spacial score (nSPS) is 11.6. The molecule has 0 spiro atoms. The molecule has 1 atom stereocenters. The van der Waals surface area contributed by atoms with Crippen LogP contribution in [0.4, 0.5) is 0 Å². The van der Waals surface area contributed by atoms with E-state index >= 15 is 0 Å². The summed E-state index contributed by atoms with van der Waals surface area (Å²) in [4.78, 5) is 34.1. The van der Waals surface area contributed by atoms with E-state index in [1.54, 1.807) is 6.07 Å². The molecule has 8 heteroatoms. The number of amides is 1. The van der Waals surface area contributed by atoms with E-state index in [0.29, 0.717) is 9.50 Å². The zero-order chi connectivity index (χ0) is 16.0. The maximum Gasteiger partial charge on any atom is 0.326 e. The molecule has 1 rings (SSSR count). The maximum atomic E-state index is 12.0. The van der Waals surface area contributed by atoms with Gasteiger partial charge in [0.2, 0.25) is 0 Å². The van der Waals surface area contributed by atoms with Gasteiger partial charge in [0.05, 0.1) is 12.1 Å². The Bertz CT molecular complexity index is 563. The first kappa shape index (κ1) is 17.5. The highest BCUT2D eigenvalue weighted by Gasteiger charge is 2.22. The lowest BCUT2D eigenvalue weighted by atomic mass is 10.1. The van der Waals surface area contributed by atoms with Crippen LogP contribution in [0.15, 0.2) is 22.7 Å². The number of benzene rings is 1. The molecule has 1 aromatic rings. The summed E-state index contributed by atoms with van der Waals surface area (Å²) in [5.74, 6) is -2.35. The molecule has 0 saturated carbocycles. The molecule has 0 aliphatic heterocycles. The van der Waals surface area contributed by atoms with Gasteiger partial charge in [-0.15, -0.1) is 0 Å². The highest BCUT2D eigenvalue weighted by molar-refractivity contribution is 9.10. The van der Waals surface area contributed by atoms with E-state index in [9.17, 15) is 14.4 Å². The molecule has 0 aliphatic carbocycles. The summed E-state index contributed by atoms with van der Waals surface area (Å²) in [5.41, 5.74) is 0.229. The molecular formula is C13H13BrClNO5. The molecule has 21 heavy (non-hydrogen) atoms. The van der Waals surface area contributed by atoms with Crippen LogP contribution in [0.5, 0.6) is 0 Å². The van der Waals surface area contributed by atoms with Crippen molar-refractivity contribution in [3.05, 3.63) is 33.3 Å². The molecule has 2 N–H and O–H groups in total. The van der Waals surface area contributed by atoms with Crippen molar-refractivity contribution in [2.75, 3.05) is 7.11 Å². The Hall–Kier alpha value is -1.60. The average molecular weight is 379 g/mol. The second kappa shape index (κ2) is 7.99. The third-order valence-corrected chi connectivity index (χ3v) is 3.88. The van der Waals surface area contributed by atoms with Crippen molar-refractivity contribution in [2.45, 2.75) is 18.9 Å². The Morgan fingerprint density at radius 1 is 1.43 bits per heavy atom. The smallest absolute Gasteiger partial charge is 0.326 e. The molecule has 1 amide bonds. The summed E-state index contributed by atoms with van der Waals surface area (Å²) >= 11 is 9.07. The zero-order valence-corrected chi connectivity index (χ0v) is 13.4. The van der Waals surface area contributed by atoms with E-state index < -0.39 is 23.9 Å². The van der Waals surface area contributed by atoms with E-state index in [0.717, 1.165) is 0 Å². The fraction of sp³-hybridized carbons (Fsp3) is 0.308. The lowest BCUT2D eigenvalue weighted by Crippen LogP contribution is -2.41. The standard InChI is InChI=1S/C13H13BrClNO5/c1-21-11(17)5-4-10(13(19)20)16-12(18)7-2-3-8(14)9(15)6-7/h2-3,6,10H,4-5H2,1H3,(H,16,18)(H,19,20). The monoisotopic (exact) mass is 377 g/mol. The summed E-state index contributed by atoms with van der Waals surface area (Å²) < 4.78 is 5.06. The number of carboxylic acid groups (broad SMARTS) is 1. The Balaban J connectivity index is 2.74.